The van der Waals surface area contributed by atoms with Crippen molar-refractivity contribution < 1.29 is 14.6 Å². The Morgan fingerprint density at radius 3 is 2.40 bits per heavy atom. The number of imidazole rings is 1. The summed E-state index contributed by atoms with van der Waals surface area (Å²) < 4.78 is 1.30. The van der Waals surface area contributed by atoms with Gasteiger partial charge in [-0.25, -0.2) is 4.98 Å². The quantitative estimate of drug-likeness (QED) is 0.533. The monoisotopic (exact) mass is 340 g/mol. The lowest BCUT2D eigenvalue weighted by atomic mass is 10.0. The molecule has 2 aromatic carbocycles. The normalized spacial score (nSPS) is 10.8. The van der Waals surface area contributed by atoms with E-state index in [9.17, 15) is 25.0 Å². The van der Waals surface area contributed by atoms with Crippen molar-refractivity contribution in [2.24, 2.45) is 0 Å². The molecule has 0 bridgehead atoms. The van der Waals surface area contributed by atoms with Gasteiger partial charge in [0.25, 0.3) is 17.3 Å². The van der Waals surface area contributed by atoms with Crippen molar-refractivity contribution >= 4 is 28.3 Å². The molecule has 0 amide bonds. The summed E-state index contributed by atoms with van der Waals surface area (Å²) in [4.78, 5) is 38.0. The number of hydrogen-bond acceptors (Lipinski definition) is 6. The Labute approximate surface area is 140 Å². The lowest BCUT2D eigenvalue weighted by Crippen LogP contribution is -2.16. The molecule has 126 valence electrons. The third-order valence-corrected chi connectivity index (χ3v) is 3.93. The van der Waals surface area contributed by atoms with E-state index in [1.165, 1.54) is 11.5 Å². The van der Waals surface area contributed by atoms with Crippen LogP contribution in [0, 0.1) is 34.1 Å². The number of nitro groups is 2. The molecule has 0 fully saturated rings. The van der Waals surface area contributed by atoms with E-state index in [1.807, 2.05) is 0 Å². The highest BCUT2D eigenvalue weighted by atomic mass is 16.6. The van der Waals surface area contributed by atoms with E-state index in [-0.39, 0.29) is 11.1 Å². The highest BCUT2D eigenvalue weighted by Crippen LogP contribution is 2.29. The molecule has 0 aliphatic heterocycles. The Kier molecular flexibility index (Phi) is 3.76. The fourth-order valence-corrected chi connectivity index (χ4v) is 2.72. The fourth-order valence-electron chi connectivity index (χ4n) is 2.72. The summed E-state index contributed by atoms with van der Waals surface area (Å²) >= 11 is 0. The smallest absolute Gasteiger partial charge is 0.268 e. The molecule has 0 saturated heterocycles. The van der Waals surface area contributed by atoms with Crippen molar-refractivity contribution in [3.63, 3.8) is 0 Å². The van der Waals surface area contributed by atoms with Crippen LogP contribution < -0.4 is 0 Å². The molecule has 3 rings (SSSR count). The van der Waals surface area contributed by atoms with E-state index in [1.54, 1.807) is 31.2 Å². The summed E-state index contributed by atoms with van der Waals surface area (Å²) in [5.74, 6) is -0.213. The van der Waals surface area contributed by atoms with E-state index in [0.717, 1.165) is 12.1 Å². The maximum absolute atomic E-state index is 13.0. The Morgan fingerprint density at radius 2 is 1.76 bits per heavy atom. The van der Waals surface area contributed by atoms with Crippen LogP contribution in [-0.2, 0) is 0 Å². The van der Waals surface area contributed by atoms with Crippen molar-refractivity contribution in [2.45, 2.75) is 13.8 Å². The van der Waals surface area contributed by atoms with Crippen LogP contribution in [0.5, 0.6) is 0 Å². The number of para-hydroxylation sites is 2. The summed E-state index contributed by atoms with van der Waals surface area (Å²) in [7, 11) is 0. The number of hydrogen-bond donors (Lipinski definition) is 0. The second kappa shape index (κ2) is 5.78. The average molecular weight is 340 g/mol. The molecular formula is C16H12N4O5. The first kappa shape index (κ1) is 16.2. The molecule has 0 radical (unpaired) electrons. The number of fused-ring (bicyclic) bond motifs is 1. The number of aryl methyl sites for hydroxylation is 1. The van der Waals surface area contributed by atoms with Crippen LogP contribution in [0.25, 0.3) is 11.0 Å². The zero-order chi connectivity index (χ0) is 18.3. The molecule has 9 nitrogen and oxygen atoms in total. The maximum Gasteiger partial charge on any atom is 0.279 e. The standard InChI is InChI=1S/C16H12N4O5/c1-9-12(7-11(19(22)23)8-15(9)20(24)25)16(21)18-10(2)17-13-5-3-4-6-14(13)18/h3-8H,1-2H3. The maximum atomic E-state index is 13.0. The molecule has 0 atom stereocenters. The van der Waals surface area contributed by atoms with Crippen LogP contribution >= 0.6 is 0 Å². The second-order valence-electron chi connectivity index (χ2n) is 5.44. The molecule has 0 spiro atoms. The van der Waals surface area contributed by atoms with Gasteiger partial charge in [0.05, 0.1) is 32.5 Å². The minimum Gasteiger partial charge on any atom is -0.268 e. The molecule has 0 saturated carbocycles. The summed E-state index contributed by atoms with van der Waals surface area (Å²) in [5, 5.41) is 22.3. The van der Waals surface area contributed by atoms with Gasteiger partial charge in [0.2, 0.25) is 0 Å². The molecule has 3 aromatic rings. The number of carbonyl (C=O) groups is 1. The number of carbonyl (C=O) groups excluding carboxylic acids is 1. The van der Waals surface area contributed by atoms with E-state index < -0.39 is 27.1 Å². The van der Waals surface area contributed by atoms with Gasteiger partial charge >= 0.3 is 0 Å². The molecular weight excluding hydrogens is 328 g/mol. The SMILES string of the molecule is Cc1c(C(=O)n2c(C)nc3ccccc32)cc([N+](=O)[O-])cc1[N+](=O)[O-]. The van der Waals surface area contributed by atoms with Crippen molar-refractivity contribution in [1.82, 2.24) is 9.55 Å². The predicted octanol–water partition coefficient (Wildman–Crippen LogP) is 3.16. The number of rotatable bonds is 3. The zero-order valence-electron chi connectivity index (χ0n) is 13.3. The van der Waals surface area contributed by atoms with Crippen LogP contribution in [0.1, 0.15) is 21.7 Å². The number of nitro benzene ring substituents is 2. The third kappa shape index (κ3) is 2.61. The number of benzene rings is 2. The minimum absolute atomic E-state index is 0.0674. The second-order valence-corrected chi connectivity index (χ2v) is 5.44. The summed E-state index contributed by atoms with van der Waals surface area (Å²) in [5.41, 5.74) is 0.0942. The highest BCUT2D eigenvalue weighted by molar-refractivity contribution is 6.03. The van der Waals surface area contributed by atoms with Gasteiger partial charge in [0.15, 0.2) is 0 Å². The average Bonchev–Trinajstić information content (AvgIpc) is 2.89. The van der Waals surface area contributed by atoms with Crippen LogP contribution in [0.15, 0.2) is 36.4 Å². The lowest BCUT2D eigenvalue weighted by molar-refractivity contribution is -0.394. The first-order chi connectivity index (χ1) is 11.8. The number of non-ortho nitro benzene ring substituents is 1. The number of nitrogens with zero attached hydrogens (tertiary/aromatic N) is 4. The predicted molar refractivity (Wildman–Crippen MR) is 88.7 cm³/mol. The lowest BCUT2D eigenvalue weighted by Gasteiger charge is -2.09. The molecule has 0 unspecified atom stereocenters. The molecule has 1 heterocycles. The summed E-state index contributed by atoms with van der Waals surface area (Å²) in [6, 6.07) is 8.83. The van der Waals surface area contributed by atoms with Gasteiger partial charge in [-0.3, -0.25) is 29.6 Å². The van der Waals surface area contributed by atoms with Gasteiger partial charge in [-0.15, -0.1) is 0 Å². The van der Waals surface area contributed by atoms with Crippen LogP contribution in [0.2, 0.25) is 0 Å². The largest absolute Gasteiger partial charge is 0.279 e. The number of aromatic nitrogens is 2. The van der Waals surface area contributed by atoms with Crippen molar-refractivity contribution in [2.75, 3.05) is 0 Å². The van der Waals surface area contributed by atoms with E-state index >= 15 is 0 Å². The van der Waals surface area contributed by atoms with E-state index in [0.29, 0.717) is 16.9 Å². The Hall–Kier alpha value is -3.62. The minimum atomic E-state index is -0.762. The van der Waals surface area contributed by atoms with Gasteiger partial charge in [0.1, 0.15) is 5.82 Å². The first-order valence-electron chi connectivity index (χ1n) is 7.23. The van der Waals surface area contributed by atoms with Crippen molar-refractivity contribution in [3.05, 3.63) is 73.6 Å². The van der Waals surface area contributed by atoms with Crippen LogP contribution in [0.3, 0.4) is 0 Å². The summed E-state index contributed by atoms with van der Waals surface area (Å²) in [6.07, 6.45) is 0. The summed E-state index contributed by atoms with van der Waals surface area (Å²) in [6.45, 7) is 3.02. The molecule has 9 heteroatoms. The van der Waals surface area contributed by atoms with Gasteiger partial charge in [-0.1, -0.05) is 12.1 Å². The van der Waals surface area contributed by atoms with Crippen molar-refractivity contribution in [3.8, 4) is 0 Å². The van der Waals surface area contributed by atoms with E-state index in [4.69, 9.17) is 0 Å². The highest BCUT2D eigenvalue weighted by Gasteiger charge is 2.26. The first-order valence-corrected chi connectivity index (χ1v) is 7.23. The Balaban J connectivity index is 2.28. The molecule has 1 aromatic heterocycles. The Morgan fingerprint density at radius 1 is 1.08 bits per heavy atom. The van der Waals surface area contributed by atoms with E-state index in [2.05, 4.69) is 4.98 Å². The fraction of sp³-hybridized carbons (Fsp3) is 0.125. The topological polar surface area (TPSA) is 121 Å². The van der Waals surface area contributed by atoms with Gasteiger partial charge in [-0.2, -0.15) is 0 Å². The van der Waals surface area contributed by atoms with Gasteiger partial charge in [-0.05, 0) is 26.0 Å². The molecule has 0 aliphatic rings. The zero-order valence-corrected chi connectivity index (χ0v) is 13.3. The van der Waals surface area contributed by atoms with Crippen LogP contribution in [-0.4, -0.2) is 25.3 Å². The van der Waals surface area contributed by atoms with Crippen molar-refractivity contribution in [1.29, 1.82) is 0 Å². The van der Waals surface area contributed by atoms with Crippen LogP contribution in [0.4, 0.5) is 11.4 Å². The van der Waals surface area contributed by atoms with Gasteiger partial charge in [0, 0.05) is 11.6 Å². The molecule has 0 aliphatic carbocycles. The van der Waals surface area contributed by atoms with Gasteiger partial charge < -0.3 is 0 Å². The third-order valence-electron chi connectivity index (χ3n) is 3.93. The Bertz CT molecular complexity index is 1050. The molecule has 0 N–H and O–H groups in total. The molecule has 25 heavy (non-hydrogen) atoms.